The highest BCUT2D eigenvalue weighted by Gasteiger charge is 2.32. The minimum absolute atomic E-state index is 0.0505. The summed E-state index contributed by atoms with van der Waals surface area (Å²) in [5.74, 6) is 0.886. The summed E-state index contributed by atoms with van der Waals surface area (Å²) in [6.45, 7) is 6.74. The summed E-state index contributed by atoms with van der Waals surface area (Å²) < 4.78 is 1.73. The largest absolute Gasteiger partial charge is 0.328 e. The van der Waals surface area contributed by atoms with Crippen LogP contribution in [0, 0.1) is 12.8 Å². The van der Waals surface area contributed by atoms with Crippen LogP contribution in [-0.4, -0.2) is 40.0 Å². The molecular weight excluding hydrogens is 484 g/mol. The van der Waals surface area contributed by atoms with E-state index in [9.17, 15) is 9.59 Å². The molecule has 1 aliphatic heterocycles. The minimum Gasteiger partial charge on any atom is -0.328 e. The lowest BCUT2D eigenvalue weighted by Crippen LogP contribution is -2.51. The second-order valence-corrected chi connectivity index (χ2v) is 10.2. The molecule has 1 aromatic heterocycles. The highest BCUT2D eigenvalue weighted by Crippen LogP contribution is 2.28. The topological polar surface area (TPSA) is 67.2 Å². The van der Waals surface area contributed by atoms with Crippen LogP contribution in [0.25, 0.3) is 10.9 Å². The number of hydrogen-bond acceptors (Lipinski definition) is 4. The molecule has 1 saturated heterocycles. The zero-order valence-electron chi connectivity index (χ0n) is 21.2. The van der Waals surface area contributed by atoms with Crippen molar-refractivity contribution in [1.82, 2.24) is 19.8 Å². The lowest BCUT2D eigenvalue weighted by atomic mass is 9.99. The number of carbonyl (C=O) groups excluding carboxylic acids is 1. The van der Waals surface area contributed by atoms with E-state index in [0.29, 0.717) is 52.7 Å². The molecule has 0 saturated carbocycles. The van der Waals surface area contributed by atoms with E-state index in [4.69, 9.17) is 16.6 Å². The Balaban J connectivity index is 1.66. The van der Waals surface area contributed by atoms with Gasteiger partial charge in [0.2, 0.25) is 0 Å². The van der Waals surface area contributed by atoms with E-state index in [1.165, 1.54) is 0 Å². The molecule has 37 heavy (non-hydrogen) atoms. The zero-order chi connectivity index (χ0) is 25.9. The molecule has 1 aliphatic rings. The van der Waals surface area contributed by atoms with Crippen LogP contribution >= 0.6 is 11.6 Å². The van der Waals surface area contributed by atoms with E-state index in [2.05, 4.69) is 5.32 Å². The minimum atomic E-state index is -0.380. The van der Waals surface area contributed by atoms with Crippen LogP contribution in [0.1, 0.15) is 46.7 Å². The Bertz CT molecular complexity index is 1460. The van der Waals surface area contributed by atoms with Crippen molar-refractivity contribution in [1.29, 1.82) is 0 Å². The molecule has 3 aromatic carbocycles. The Labute approximate surface area is 221 Å². The van der Waals surface area contributed by atoms with Crippen LogP contribution in [0.2, 0.25) is 5.02 Å². The fraction of sp³-hybridized carbons (Fsp3) is 0.300. The summed E-state index contributed by atoms with van der Waals surface area (Å²) in [5, 5.41) is 4.34. The standard InChI is InChI=1S/C30H31ClN4O2/c1-3-27(34(19-22-16-32-17-22)29(36)23-11-9-20(2)10-12-23)28-33-26-15-24(31)13-14-25(26)30(37)35(28)18-21-7-5-4-6-8-21/h4-15,22,27,32H,3,16-19H2,1-2H3. The van der Waals surface area contributed by atoms with Crippen molar-refractivity contribution in [3.8, 4) is 0 Å². The Morgan fingerprint density at radius 3 is 2.49 bits per heavy atom. The normalized spacial score (nSPS) is 14.4. The van der Waals surface area contributed by atoms with Crippen molar-refractivity contribution >= 4 is 28.4 Å². The van der Waals surface area contributed by atoms with Gasteiger partial charge in [-0.3, -0.25) is 14.2 Å². The van der Waals surface area contributed by atoms with Gasteiger partial charge in [-0.2, -0.15) is 0 Å². The third kappa shape index (κ3) is 5.31. The van der Waals surface area contributed by atoms with Crippen LogP contribution in [0.3, 0.4) is 0 Å². The van der Waals surface area contributed by atoms with Crippen molar-refractivity contribution < 1.29 is 4.79 Å². The third-order valence-electron chi connectivity index (χ3n) is 7.07. The van der Waals surface area contributed by atoms with Gasteiger partial charge < -0.3 is 10.2 Å². The highest BCUT2D eigenvalue weighted by molar-refractivity contribution is 6.31. The average molecular weight is 515 g/mol. The molecule has 190 valence electrons. The van der Waals surface area contributed by atoms with Gasteiger partial charge in [-0.1, -0.05) is 66.6 Å². The van der Waals surface area contributed by atoms with Gasteiger partial charge in [0.1, 0.15) is 5.82 Å². The summed E-state index contributed by atoms with van der Waals surface area (Å²) in [6.07, 6.45) is 0.616. The maximum Gasteiger partial charge on any atom is 0.261 e. The number of carbonyl (C=O) groups is 1. The van der Waals surface area contributed by atoms with Crippen LogP contribution in [0.15, 0.2) is 77.6 Å². The third-order valence-corrected chi connectivity index (χ3v) is 7.31. The SMILES string of the molecule is CCC(c1nc2cc(Cl)ccc2c(=O)n1Cc1ccccc1)N(CC1CNC1)C(=O)c1ccc(C)cc1. The summed E-state index contributed by atoms with van der Waals surface area (Å²) in [5.41, 5.74) is 3.14. The molecule has 1 amide bonds. The molecule has 7 heteroatoms. The van der Waals surface area contributed by atoms with Crippen molar-refractivity contribution in [2.24, 2.45) is 5.92 Å². The Morgan fingerprint density at radius 1 is 1.11 bits per heavy atom. The van der Waals surface area contributed by atoms with Gasteiger partial charge in [0.05, 0.1) is 23.5 Å². The van der Waals surface area contributed by atoms with Crippen molar-refractivity contribution in [3.63, 3.8) is 0 Å². The number of hydrogen-bond donors (Lipinski definition) is 1. The molecule has 0 radical (unpaired) electrons. The maximum atomic E-state index is 13.9. The molecule has 5 rings (SSSR count). The van der Waals surface area contributed by atoms with Gasteiger partial charge in [0, 0.05) is 36.1 Å². The quantitative estimate of drug-likeness (QED) is 0.350. The Kier molecular flexibility index (Phi) is 7.40. The molecule has 1 atom stereocenters. The molecule has 0 bridgehead atoms. The van der Waals surface area contributed by atoms with E-state index in [1.54, 1.807) is 22.8 Å². The molecule has 2 heterocycles. The predicted octanol–water partition coefficient (Wildman–Crippen LogP) is 5.22. The lowest BCUT2D eigenvalue weighted by Gasteiger charge is -2.38. The summed E-state index contributed by atoms with van der Waals surface area (Å²) in [7, 11) is 0. The molecule has 6 nitrogen and oxygen atoms in total. The Hall–Kier alpha value is -3.48. The maximum absolute atomic E-state index is 13.9. The van der Waals surface area contributed by atoms with E-state index >= 15 is 0 Å². The summed E-state index contributed by atoms with van der Waals surface area (Å²) in [4.78, 5) is 34.7. The van der Waals surface area contributed by atoms with Gasteiger partial charge in [0.25, 0.3) is 11.5 Å². The first-order chi connectivity index (χ1) is 17.9. The number of rotatable bonds is 8. The van der Waals surface area contributed by atoms with Gasteiger partial charge in [-0.25, -0.2) is 4.98 Å². The van der Waals surface area contributed by atoms with Crippen LogP contribution in [0.4, 0.5) is 0 Å². The highest BCUT2D eigenvalue weighted by atomic mass is 35.5. The zero-order valence-corrected chi connectivity index (χ0v) is 21.9. The predicted molar refractivity (Wildman–Crippen MR) is 148 cm³/mol. The van der Waals surface area contributed by atoms with E-state index < -0.39 is 0 Å². The Morgan fingerprint density at radius 2 is 1.84 bits per heavy atom. The molecule has 1 N–H and O–H groups in total. The van der Waals surface area contributed by atoms with Gasteiger partial charge in [-0.15, -0.1) is 0 Å². The molecule has 1 fully saturated rings. The number of nitrogens with zero attached hydrogens (tertiary/aromatic N) is 3. The lowest BCUT2D eigenvalue weighted by molar-refractivity contribution is 0.0589. The van der Waals surface area contributed by atoms with Gasteiger partial charge >= 0.3 is 0 Å². The molecule has 4 aromatic rings. The van der Waals surface area contributed by atoms with E-state index in [-0.39, 0.29) is 17.5 Å². The van der Waals surface area contributed by atoms with E-state index in [0.717, 1.165) is 24.2 Å². The fourth-order valence-corrected chi connectivity index (χ4v) is 5.06. The number of amides is 1. The summed E-state index contributed by atoms with van der Waals surface area (Å²) in [6, 6.07) is 22.3. The average Bonchev–Trinajstić information content (AvgIpc) is 2.88. The van der Waals surface area contributed by atoms with E-state index in [1.807, 2.05) is 73.3 Å². The van der Waals surface area contributed by atoms with Gasteiger partial charge in [-0.05, 0) is 49.2 Å². The second-order valence-electron chi connectivity index (χ2n) is 9.78. The number of fused-ring (bicyclic) bond motifs is 1. The first-order valence-electron chi connectivity index (χ1n) is 12.8. The fourth-order valence-electron chi connectivity index (χ4n) is 4.90. The smallest absolute Gasteiger partial charge is 0.261 e. The number of aryl methyl sites for hydroxylation is 1. The van der Waals surface area contributed by atoms with Crippen LogP contribution in [-0.2, 0) is 6.54 Å². The monoisotopic (exact) mass is 514 g/mol. The van der Waals surface area contributed by atoms with Crippen LogP contribution in [0.5, 0.6) is 0 Å². The van der Waals surface area contributed by atoms with Gasteiger partial charge in [0.15, 0.2) is 0 Å². The number of nitrogens with one attached hydrogen (secondary N) is 1. The van der Waals surface area contributed by atoms with Crippen LogP contribution < -0.4 is 10.9 Å². The molecule has 0 aliphatic carbocycles. The molecule has 1 unspecified atom stereocenters. The summed E-state index contributed by atoms with van der Waals surface area (Å²) >= 11 is 6.29. The first kappa shape index (κ1) is 25.2. The van der Waals surface area contributed by atoms with Crippen molar-refractivity contribution in [2.75, 3.05) is 19.6 Å². The molecule has 0 spiro atoms. The number of halogens is 1. The van der Waals surface area contributed by atoms with Crippen molar-refractivity contribution in [2.45, 2.75) is 32.9 Å². The number of benzene rings is 3. The van der Waals surface area contributed by atoms with Crippen molar-refractivity contribution in [3.05, 3.63) is 111 Å². The second kappa shape index (κ2) is 10.9. The first-order valence-corrected chi connectivity index (χ1v) is 13.1. The number of aromatic nitrogens is 2. The molecular formula is C30H31ClN4O2.